The molecule has 0 radical (unpaired) electrons. The average Bonchev–Trinajstić information content (AvgIpc) is 2.60. The van der Waals surface area contributed by atoms with Crippen LogP contribution in [0.3, 0.4) is 0 Å². The summed E-state index contributed by atoms with van der Waals surface area (Å²) in [6.45, 7) is 2.81. The van der Waals surface area contributed by atoms with Crippen LogP contribution < -0.4 is 10.1 Å². The van der Waals surface area contributed by atoms with Gasteiger partial charge in [0.2, 0.25) is 0 Å². The number of hydrogen-bond acceptors (Lipinski definition) is 3. The second kappa shape index (κ2) is 8.28. The van der Waals surface area contributed by atoms with E-state index in [9.17, 15) is 27.2 Å². The van der Waals surface area contributed by atoms with Crippen molar-refractivity contribution in [2.45, 2.75) is 26.1 Å². The van der Waals surface area contributed by atoms with E-state index < -0.39 is 41.1 Å². The third kappa shape index (κ3) is 4.79. The Morgan fingerprint density at radius 3 is 2.43 bits per heavy atom. The number of nitrogens with one attached hydrogen (secondary N) is 1. The number of aliphatic carboxylic acids is 1. The van der Waals surface area contributed by atoms with Crippen molar-refractivity contribution in [3.05, 3.63) is 53.3 Å². The van der Waals surface area contributed by atoms with E-state index in [2.05, 4.69) is 5.32 Å². The first-order chi connectivity index (χ1) is 13.0. The molecule has 0 aromatic heterocycles. The van der Waals surface area contributed by atoms with Gasteiger partial charge in [-0.3, -0.25) is 4.79 Å². The number of carbonyl (C=O) groups is 2. The maximum Gasteiger partial charge on any atom is 0.417 e. The predicted molar refractivity (Wildman–Crippen MR) is 92.6 cm³/mol. The first-order valence-electron chi connectivity index (χ1n) is 8.23. The second-order valence-electron chi connectivity index (χ2n) is 5.86. The zero-order valence-electron chi connectivity index (χ0n) is 14.9. The quantitative estimate of drug-likeness (QED) is 0.717. The summed E-state index contributed by atoms with van der Waals surface area (Å²) in [6.07, 6.45) is -6.29. The smallest absolute Gasteiger partial charge is 0.417 e. The van der Waals surface area contributed by atoms with Gasteiger partial charge in [0.05, 0.1) is 11.1 Å². The summed E-state index contributed by atoms with van der Waals surface area (Å²) in [5, 5.41) is 11.3. The van der Waals surface area contributed by atoms with Crippen molar-refractivity contribution in [2.75, 3.05) is 6.54 Å². The maximum atomic E-state index is 13.6. The Morgan fingerprint density at radius 2 is 1.89 bits per heavy atom. The van der Waals surface area contributed by atoms with E-state index in [-0.39, 0.29) is 23.4 Å². The first-order valence-corrected chi connectivity index (χ1v) is 8.23. The Labute approximate surface area is 157 Å². The van der Waals surface area contributed by atoms with Crippen LogP contribution in [-0.2, 0) is 11.0 Å². The van der Waals surface area contributed by atoms with Crippen LogP contribution >= 0.6 is 0 Å². The molecule has 5 nitrogen and oxygen atoms in total. The Hall–Kier alpha value is -3.10. The average molecular weight is 399 g/mol. The Balaban J connectivity index is 2.76. The minimum Gasteiger partial charge on any atom is -0.479 e. The van der Waals surface area contributed by atoms with E-state index in [1.807, 2.05) is 0 Å². The van der Waals surface area contributed by atoms with Crippen LogP contribution in [0.5, 0.6) is 5.75 Å². The highest BCUT2D eigenvalue weighted by Crippen LogP contribution is 2.40. The number of carboxylic acids is 1. The Morgan fingerprint density at radius 1 is 1.21 bits per heavy atom. The van der Waals surface area contributed by atoms with Crippen LogP contribution in [0.2, 0.25) is 0 Å². The van der Waals surface area contributed by atoms with Crippen molar-refractivity contribution < 1.29 is 37.0 Å². The van der Waals surface area contributed by atoms with E-state index >= 15 is 0 Å². The molecule has 0 heterocycles. The van der Waals surface area contributed by atoms with Crippen molar-refractivity contribution in [1.29, 1.82) is 0 Å². The Kier molecular flexibility index (Phi) is 6.27. The zero-order valence-corrected chi connectivity index (χ0v) is 14.9. The van der Waals surface area contributed by atoms with Gasteiger partial charge < -0.3 is 15.2 Å². The fraction of sp³-hybridized carbons (Fsp3) is 0.263. The number of benzene rings is 2. The summed E-state index contributed by atoms with van der Waals surface area (Å²) in [6, 6.07) is 6.22. The largest absolute Gasteiger partial charge is 0.479 e. The molecule has 0 saturated heterocycles. The molecule has 150 valence electrons. The van der Waals surface area contributed by atoms with Crippen molar-refractivity contribution >= 4 is 11.9 Å². The van der Waals surface area contributed by atoms with Gasteiger partial charge in [-0.05, 0) is 43.7 Å². The van der Waals surface area contributed by atoms with E-state index in [4.69, 9.17) is 9.84 Å². The van der Waals surface area contributed by atoms with E-state index in [0.717, 1.165) is 18.2 Å². The second-order valence-corrected chi connectivity index (χ2v) is 5.86. The fourth-order valence-electron chi connectivity index (χ4n) is 2.48. The lowest BCUT2D eigenvalue weighted by molar-refractivity contribution is -0.144. The first kappa shape index (κ1) is 21.2. The number of carboxylic acid groups (broad SMARTS) is 1. The predicted octanol–water partition coefficient (Wildman–Crippen LogP) is 4.11. The normalized spacial score (nSPS) is 12.4. The summed E-state index contributed by atoms with van der Waals surface area (Å²) < 4.78 is 59.5. The van der Waals surface area contributed by atoms with Gasteiger partial charge in [0.15, 0.2) is 6.10 Å². The lowest BCUT2D eigenvalue weighted by atomic mass is 9.96. The summed E-state index contributed by atoms with van der Waals surface area (Å²) in [5.74, 6) is -3.33. The van der Waals surface area contributed by atoms with E-state index in [1.54, 1.807) is 0 Å². The van der Waals surface area contributed by atoms with Crippen molar-refractivity contribution in [2.24, 2.45) is 0 Å². The molecule has 1 amide bonds. The molecule has 0 saturated carbocycles. The molecule has 2 aromatic carbocycles. The highest BCUT2D eigenvalue weighted by atomic mass is 19.4. The van der Waals surface area contributed by atoms with Crippen LogP contribution in [0.1, 0.15) is 29.8 Å². The van der Waals surface area contributed by atoms with Gasteiger partial charge in [-0.1, -0.05) is 12.1 Å². The minimum atomic E-state index is -4.88. The van der Waals surface area contributed by atoms with Gasteiger partial charge in [0, 0.05) is 12.1 Å². The van der Waals surface area contributed by atoms with Crippen LogP contribution in [-0.4, -0.2) is 29.6 Å². The monoisotopic (exact) mass is 399 g/mol. The van der Waals surface area contributed by atoms with Gasteiger partial charge in [0.1, 0.15) is 11.6 Å². The van der Waals surface area contributed by atoms with Gasteiger partial charge >= 0.3 is 12.1 Å². The molecule has 2 rings (SSSR count). The Bertz CT molecular complexity index is 896. The molecule has 0 bridgehead atoms. The van der Waals surface area contributed by atoms with E-state index in [1.165, 1.54) is 26.0 Å². The third-order valence-electron chi connectivity index (χ3n) is 3.79. The molecule has 0 aliphatic heterocycles. The highest BCUT2D eigenvalue weighted by molar-refractivity contribution is 5.97. The molecule has 28 heavy (non-hydrogen) atoms. The maximum absolute atomic E-state index is 13.6. The van der Waals surface area contributed by atoms with Crippen LogP contribution in [0.4, 0.5) is 17.6 Å². The molecule has 0 spiro atoms. The van der Waals surface area contributed by atoms with Gasteiger partial charge in [-0.25, -0.2) is 9.18 Å². The van der Waals surface area contributed by atoms with Crippen molar-refractivity contribution in [1.82, 2.24) is 5.32 Å². The van der Waals surface area contributed by atoms with Crippen LogP contribution in [0.25, 0.3) is 11.1 Å². The minimum absolute atomic E-state index is 0.0422. The van der Waals surface area contributed by atoms with Crippen molar-refractivity contribution in [3.63, 3.8) is 0 Å². The zero-order chi connectivity index (χ0) is 21.1. The SMILES string of the molecule is CCNC(=O)c1cc(O[C@@H](C)C(=O)O)c(-c2cccc(F)c2)cc1C(F)(F)F. The topological polar surface area (TPSA) is 75.6 Å². The molecule has 2 N–H and O–H groups in total. The molecule has 2 aromatic rings. The highest BCUT2D eigenvalue weighted by Gasteiger charge is 2.37. The molecular formula is C19H17F4NO4. The third-order valence-corrected chi connectivity index (χ3v) is 3.79. The number of halogens is 4. The summed E-state index contributed by atoms with van der Waals surface area (Å²) in [7, 11) is 0. The molecule has 0 unspecified atom stereocenters. The summed E-state index contributed by atoms with van der Waals surface area (Å²) in [5.41, 5.74) is -2.11. The van der Waals surface area contributed by atoms with E-state index in [0.29, 0.717) is 6.07 Å². The standard InChI is InChI=1S/C19H17F4NO4/c1-3-24-17(25)14-9-16(28-10(2)18(26)27)13(8-15(14)19(21,22)23)11-5-4-6-12(20)7-11/h4-10H,3H2,1-2H3,(H,24,25)(H,26,27)/t10-/m0/s1. The molecular weight excluding hydrogens is 382 g/mol. The number of rotatable bonds is 6. The molecule has 9 heteroatoms. The van der Waals surface area contributed by atoms with Gasteiger partial charge in [-0.2, -0.15) is 13.2 Å². The van der Waals surface area contributed by atoms with Crippen molar-refractivity contribution in [3.8, 4) is 16.9 Å². The molecule has 1 atom stereocenters. The van der Waals surface area contributed by atoms with Gasteiger partial charge in [-0.15, -0.1) is 0 Å². The summed E-state index contributed by atoms with van der Waals surface area (Å²) >= 11 is 0. The number of ether oxygens (including phenoxy) is 1. The number of alkyl halides is 3. The fourth-order valence-corrected chi connectivity index (χ4v) is 2.48. The number of amides is 1. The number of hydrogen-bond donors (Lipinski definition) is 2. The van der Waals surface area contributed by atoms with Crippen LogP contribution in [0.15, 0.2) is 36.4 Å². The molecule has 0 aliphatic rings. The lowest BCUT2D eigenvalue weighted by Crippen LogP contribution is -2.27. The lowest BCUT2D eigenvalue weighted by Gasteiger charge is -2.20. The molecule has 0 fully saturated rings. The summed E-state index contributed by atoms with van der Waals surface area (Å²) in [4.78, 5) is 23.3. The molecule has 0 aliphatic carbocycles. The van der Waals surface area contributed by atoms with Crippen LogP contribution in [0, 0.1) is 5.82 Å². The van der Waals surface area contributed by atoms with Gasteiger partial charge in [0.25, 0.3) is 5.91 Å². The number of carbonyl (C=O) groups excluding carboxylic acids is 1.